The normalized spacial score (nSPS) is 11.0. The van der Waals surface area contributed by atoms with Crippen molar-refractivity contribution in [3.05, 3.63) is 62.9 Å². The molecule has 0 aliphatic rings. The van der Waals surface area contributed by atoms with Crippen LogP contribution in [0.15, 0.2) is 41.6 Å². The molecule has 9 nitrogen and oxygen atoms in total. The minimum absolute atomic E-state index is 0.0646. The number of carbonyl (C=O) groups is 2. The van der Waals surface area contributed by atoms with Gasteiger partial charge in [-0.05, 0) is 42.8 Å². The summed E-state index contributed by atoms with van der Waals surface area (Å²) in [6, 6.07) is 8.30. The molecule has 2 amide bonds. The quantitative estimate of drug-likeness (QED) is 0.178. The van der Waals surface area contributed by atoms with E-state index in [4.69, 9.17) is 44.3 Å². The first kappa shape index (κ1) is 28.6. The van der Waals surface area contributed by atoms with E-state index in [1.54, 1.807) is 32.4 Å². The molecule has 1 heterocycles. The third-order valence-electron chi connectivity index (χ3n) is 4.98. The van der Waals surface area contributed by atoms with Crippen molar-refractivity contribution in [2.24, 2.45) is 0 Å². The Labute approximate surface area is 233 Å². The summed E-state index contributed by atoms with van der Waals surface area (Å²) >= 11 is 19.2. The van der Waals surface area contributed by atoms with E-state index < -0.39 is 0 Å². The predicted molar refractivity (Wildman–Crippen MR) is 147 cm³/mol. The number of nitrogens with one attached hydrogen (secondary N) is 2. The highest BCUT2D eigenvalue weighted by Crippen LogP contribution is 2.32. The van der Waals surface area contributed by atoms with Crippen molar-refractivity contribution in [1.29, 1.82) is 0 Å². The number of rotatable bonds is 11. The minimum atomic E-state index is -0.300. The third kappa shape index (κ3) is 7.78. The summed E-state index contributed by atoms with van der Waals surface area (Å²) in [7, 11) is 3.11. The predicted octanol–water partition coefficient (Wildman–Crippen LogP) is 5.34. The van der Waals surface area contributed by atoms with Crippen LogP contribution in [-0.4, -0.2) is 46.6 Å². The molecule has 13 heteroatoms. The molecule has 2 N–H and O–H groups in total. The Morgan fingerprint density at radius 3 is 2.46 bits per heavy atom. The fourth-order valence-corrected chi connectivity index (χ4v) is 4.58. The maximum absolute atomic E-state index is 12.4. The van der Waals surface area contributed by atoms with E-state index >= 15 is 0 Å². The first-order valence-electron chi connectivity index (χ1n) is 10.9. The lowest BCUT2D eigenvalue weighted by molar-refractivity contribution is -0.116. The highest BCUT2D eigenvalue weighted by atomic mass is 35.5. The van der Waals surface area contributed by atoms with E-state index in [2.05, 4.69) is 20.8 Å². The molecule has 196 valence electrons. The fraction of sp³-hybridized carbons (Fsp3) is 0.250. The van der Waals surface area contributed by atoms with Crippen LogP contribution < -0.4 is 20.1 Å². The summed E-state index contributed by atoms with van der Waals surface area (Å²) in [5.41, 5.74) is 1.15. The molecule has 0 unspecified atom stereocenters. The summed E-state index contributed by atoms with van der Waals surface area (Å²) in [4.78, 5) is 24.8. The van der Waals surface area contributed by atoms with Gasteiger partial charge >= 0.3 is 0 Å². The number of thioether (sulfide) groups is 1. The molecule has 37 heavy (non-hydrogen) atoms. The van der Waals surface area contributed by atoms with E-state index in [0.29, 0.717) is 39.7 Å². The van der Waals surface area contributed by atoms with Gasteiger partial charge in [-0.3, -0.25) is 9.59 Å². The van der Waals surface area contributed by atoms with Crippen LogP contribution in [0.3, 0.4) is 0 Å². The van der Waals surface area contributed by atoms with Crippen molar-refractivity contribution in [3.8, 4) is 11.5 Å². The monoisotopic (exact) mass is 583 g/mol. The topological polar surface area (TPSA) is 107 Å². The number of amides is 2. The SMILES string of the molecule is CCn1c(CNC(=O)C=Cc2ccc(OC)c(OC)c2)nnc1SCC(=O)Nc1cc(Cl)c(Cl)cc1Cl. The molecule has 3 aromatic rings. The van der Waals surface area contributed by atoms with Gasteiger partial charge in [-0.1, -0.05) is 52.6 Å². The largest absolute Gasteiger partial charge is 0.493 e. The van der Waals surface area contributed by atoms with Gasteiger partial charge in [-0.25, -0.2) is 0 Å². The van der Waals surface area contributed by atoms with Gasteiger partial charge in [0.25, 0.3) is 0 Å². The molecule has 0 aliphatic carbocycles. The van der Waals surface area contributed by atoms with Crippen molar-refractivity contribution in [3.63, 3.8) is 0 Å². The number of halogens is 3. The molecule has 0 aliphatic heterocycles. The average Bonchev–Trinajstić information content (AvgIpc) is 3.29. The van der Waals surface area contributed by atoms with Crippen molar-refractivity contribution in [1.82, 2.24) is 20.1 Å². The zero-order valence-electron chi connectivity index (χ0n) is 20.2. The van der Waals surface area contributed by atoms with Gasteiger partial charge in [0.15, 0.2) is 22.5 Å². The Balaban J connectivity index is 1.55. The maximum atomic E-state index is 12.4. The molecular weight excluding hydrogens is 561 g/mol. The van der Waals surface area contributed by atoms with Gasteiger partial charge in [0.05, 0.1) is 47.3 Å². The second-order valence-corrected chi connectivity index (χ2v) is 9.56. The van der Waals surface area contributed by atoms with Gasteiger partial charge in [0, 0.05) is 12.6 Å². The molecule has 0 saturated carbocycles. The standard InChI is InChI=1S/C24H24Cl3N5O4S/c1-4-32-21(12-28-22(33)8-6-14-5-7-19(35-2)20(9-14)36-3)30-31-24(32)37-13-23(34)29-18-11-16(26)15(25)10-17(18)27/h5-11H,4,12-13H2,1-3H3,(H,28,33)(H,29,34). The lowest BCUT2D eigenvalue weighted by atomic mass is 10.2. The zero-order valence-corrected chi connectivity index (χ0v) is 23.3. The van der Waals surface area contributed by atoms with Gasteiger partial charge in [-0.2, -0.15) is 0 Å². The summed E-state index contributed by atoms with van der Waals surface area (Å²) in [6.07, 6.45) is 3.09. The van der Waals surface area contributed by atoms with Crippen molar-refractivity contribution < 1.29 is 19.1 Å². The second kappa shape index (κ2) is 13.6. The van der Waals surface area contributed by atoms with E-state index in [1.165, 1.54) is 30.0 Å². The molecular formula is C24H24Cl3N5O4S. The number of hydrogen-bond donors (Lipinski definition) is 2. The van der Waals surface area contributed by atoms with E-state index in [1.807, 2.05) is 17.6 Å². The van der Waals surface area contributed by atoms with Gasteiger partial charge in [-0.15, -0.1) is 10.2 Å². The van der Waals surface area contributed by atoms with Crippen LogP contribution in [0.5, 0.6) is 11.5 Å². The number of carbonyl (C=O) groups excluding carboxylic acids is 2. The zero-order chi connectivity index (χ0) is 26.9. The van der Waals surface area contributed by atoms with Crippen LogP contribution in [0.1, 0.15) is 18.3 Å². The number of hydrogen-bond acceptors (Lipinski definition) is 7. The number of anilines is 1. The van der Waals surface area contributed by atoms with Crippen molar-refractivity contribution in [2.45, 2.75) is 25.2 Å². The number of ether oxygens (including phenoxy) is 2. The van der Waals surface area contributed by atoms with Crippen LogP contribution in [0.2, 0.25) is 15.1 Å². The third-order valence-corrected chi connectivity index (χ3v) is 6.98. The van der Waals surface area contributed by atoms with E-state index in [-0.39, 0.29) is 34.2 Å². The fourth-order valence-electron chi connectivity index (χ4n) is 3.16. The van der Waals surface area contributed by atoms with E-state index in [0.717, 1.165) is 5.56 Å². The molecule has 0 spiro atoms. The van der Waals surface area contributed by atoms with Gasteiger partial charge < -0.3 is 24.7 Å². The minimum Gasteiger partial charge on any atom is -0.493 e. The van der Waals surface area contributed by atoms with Crippen molar-refractivity contribution in [2.75, 3.05) is 25.3 Å². The Morgan fingerprint density at radius 1 is 1.03 bits per heavy atom. The van der Waals surface area contributed by atoms with Crippen LogP contribution in [0.4, 0.5) is 5.69 Å². The molecule has 2 aromatic carbocycles. The smallest absolute Gasteiger partial charge is 0.244 e. The molecule has 0 fully saturated rings. The summed E-state index contributed by atoms with van der Waals surface area (Å²) in [5.74, 6) is 1.20. The maximum Gasteiger partial charge on any atom is 0.244 e. The molecule has 0 atom stereocenters. The van der Waals surface area contributed by atoms with Crippen LogP contribution in [0.25, 0.3) is 6.08 Å². The lowest BCUT2D eigenvalue weighted by Gasteiger charge is -2.10. The first-order valence-corrected chi connectivity index (χ1v) is 13.0. The Hall–Kier alpha value is -2.92. The van der Waals surface area contributed by atoms with Crippen LogP contribution in [0, 0.1) is 0 Å². The molecule has 0 bridgehead atoms. The summed E-state index contributed by atoms with van der Waals surface area (Å²) < 4.78 is 12.3. The number of aromatic nitrogens is 3. The van der Waals surface area contributed by atoms with Crippen LogP contribution in [-0.2, 0) is 22.7 Å². The number of benzene rings is 2. The summed E-state index contributed by atoms with van der Waals surface area (Å²) in [5, 5.41) is 15.2. The first-order chi connectivity index (χ1) is 17.7. The second-order valence-electron chi connectivity index (χ2n) is 7.39. The number of methoxy groups -OCH3 is 2. The van der Waals surface area contributed by atoms with E-state index in [9.17, 15) is 9.59 Å². The summed E-state index contributed by atoms with van der Waals surface area (Å²) in [6.45, 7) is 2.65. The highest BCUT2D eigenvalue weighted by Gasteiger charge is 2.15. The van der Waals surface area contributed by atoms with Gasteiger partial charge in [0.1, 0.15) is 0 Å². The highest BCUT2D eigenvalue weighted by molar-refractivity contribution is 7.99. The molecule has 1 aromatic heterocycles. The average molecular weight is 585 g/mol. The Morgan fingerprint density at radius 2 is 1.76 bits per heavy atom. The van der Waals surface area contributed by atoms with Crippen molar-refractivity contribution >= 4 is 70.1 Å². The Kier molecular flexibility index (Phi) is 10.5. The molecule has 0 saturated heterocycles. The van der Waals surface area contributed by atoms with Gasteiger partial charge in [0.2, 0.25) is 11.8 Å². The Bertz CT molecular complexity index is 1320. The molecule has 3 rings (SSSR count). The molecule has 0 radical (unpaired) electrons. The number of nitrogens with zero attached hydrogens (tertiary/aromatic N) is 3. The lowest BCUT2D eigenvalue weighted by Crippen LogP contribution is -2.22. The van der Waals surface area contributed by atoms with Crippen LogP contribution >= 0.6 is 46.6 Å².